The van der Waals surface area contributed by atoms with Gasteiger partial charge in [-0.1, -0.05) is 17.7 Å². The van der Waals surface area contributed by atoms with Crippen molar-refractivity contribution in [2.24, 2.45) is 0 Å². The van der Waals surface area contributed by atoms with Crippen LogP contribution in [0.1, 0.15) is 34.8 Å². The lowest BCUT2D eigenvalue weighted by molar-refractivity contribution is -0.0468. The lowest BCUT2D eigenvalue weighted by Gasteiger charge is -2.29. The van der Waals surface area contributed by atoms with Crippen LogP contribution in [0, 0.1) is 6.92 Å². The van der Waals surface area contributed by atoms with Crippen LogP contribution in [0.3, 0.4) is 0 Å². The second-order valence-electron chi connectivity index (χ2n) is 6.84. The number of carbonyl (C=O) groups is 1. The maximum atomic E-state index is 12.1. The first-order valence-electron chi connectivity index (χ1n) is 9.01. The van der Waals surface area contributed by atoms with Gasteiger partial charge in [0.05, 0.1) is 36.2 Å². The molecular weight excluding hydrogens is 346 g/mol. The molecule has 4 rings (SSSR count). The van der Waals surface area contributed by atoms with Crippen LogP contribution < -0.4 is 5.56 Å². The lowest BCUT2D eigenvalue weighted by Crippen LogP contribution is -2.31. The van der Waals surface area contributed by atoms with Gasteiger partial charge in [-0.2, -0.15) is 0 Å². The first-order chi connectivity index (χ1) is 13.1. The van der Waals surface area contributed by atoms with Gasteiger partial charge in [-0.05, 0) is 38.0 Å². The summed E-state index contributed by atoms with van der Waals surface area (Å²) in [5, 5.41) is 0. The van der Waals surface area contributed by atoms with Crippen LogP contribution in [0.25, 0.3) is 11.0 Å². The van der Waals surface area contributed by atoms with Crippen molar-refractivity contribution in [3.8, 4) is 0 Å². The Morgan fingerprint density at radius 1 is 1.30 bits per heavy atom. The molecule has 2 aromatic heterocycles. The fourth-order valence-corrected chi connectivity index (χ4v) is 3.35. The molecule has 0 radical (unpaired) electrons. The molecule has 2 atom stereocenters. The molecule has 27 heavy (non-hydrogen) atoms. The monoisotopic (exact) mass is 367 g/mol. The van der Waals surface area contributed by atoms with Crippen molar-refractivity contribution in [1.29, 1.82) is 0 Å². The van der Waals surface area contributed by atoms with Gasteiger partial charge in [0.1, 0.15) is 6.61 Å². The zero-order valence-corrected chi connectivity index (χ0v) is 15.1. The molecule has 1 saturated heterocycles. The normalized spacial score (nSPS) is 19.9. The first kappa shape index (κ1) is 17.5. The number of nitrogens with zero attached hydrogens (tertiary/aromatic N) is 2. The van der Waals surface area contributed by atoms with E-state index in [2.05, 4.69) is 9.97 Å². The maximum Gasteiger partial charge on any atom is 0.338 e. The zero-order valence-electron chi connectivity index (χ0n) is 15.1. The minimum absolute atomic E-state index is 0.112. The third-order valence-corrected chi connectivity index (χ3v) is 4.93. The minimum atomic E-state index is -0.333. The Hall–Kier alpha value is -2.93. The molecule has 3 aromatic rings. The largest absolute Gasteiger partial charge is 0.459 e. The molecule has 1 unspecified atom stereocenters. The standard InChI is InChI=1S/C20H21N3O4/c1-13-2-4-14(5-3-13)20(25)27-11-16-7-6-15(10-26-16)23-12-22-18-17(23)8-9-21-19(18)24/h2-5,8-9,12,15-16H,6-7,10-11H2,1H3,(H,21,24)/t15?,16-/m0/s1. The molecule has 0 saturated carbocycles. The quantitative estimate of drug-likeness (QED) is 0.717. The molecule has 7 heteroatoms. The number of rotatable bonds is 4. The van der Waals surface area contributed by atoms with Crippen molar-refractivity contribution in [3.63, 3.8) is 0 Å². The minimum Gasteiger partial charge on any atom is -0.459 e. The Morgan fingerprint density at radius 3 is 2.85 bits per heavy atom. The van der Waals surface area contributed by atoms with E-state index in [4.69, 9.17) is 9.47 Å². The molecule has 7 nitrogen and oxygen atoms in total. The third kappa shape index (κ3) is 3.64. The second kappa shape index (κ2) is 7.36. The van der Waals surface area contributed by atoms with Crippen molar-refractivity contribution in [2.45, 2.75) is 31.9 Å². The van der Waals surface area contributed by atoms with Crippen LogP contribution in [-0.2, 0) is 9.47 Å². The maximum absolute atomic E-state index is 12.1. The number of imidazole rings is 1. The Balaban J connectivity index is 1.33. The second-order valence-corrected chi connectivity index (χ2v) is 6.84. The van der Waals surface area contributed by atoms with E-state index in [1.54, 1.807) is 24.7 Å². The Labute approximate surface area is 155 Å². The number of benzene rings is 1. The van der Waals surface area contributed by atoms with E-state index in [-0.39, 0.29) is 30.3 Å². The predicted molar refractivity (Wildman–Crippen MR) is 99.8 cm³/mol. The molecule has 1 fully saturated rings. The molecule has 1 N–H and O–H groups in total. The van der Waals surface area contributed by atoms with Crippen LogP contribution >= 0.6 is 0 Å². The van der Waals surface area contributed by atoms with Crippen LogP contribution in [0.5, 0.6) is 0 Å². The van der Waals surface area contributed by atoms with Gasteiger partial charge in [0, 0.05) is 6.20 Å². The number of hydrogen-bond donors (Lipinski definition) is 1. The van der Waals surface area contributed by atoms with Crippen LogP contribution in [0.4, 0.5) is 0 Å². The van der Waals surface area contributed by atoms with E-state index in [1.165, 1.54) is 0 Å². The number of aryl methyl sites for hydroxylation is 1. The average molecular weight is 367 g/mol. The summed E-state index contributed by atoms with van der Waals surface area (Å²) in [6.07, 6.45) is 4.83. The van der Waals surface area contributed by atoms with Crippen LogP contribution in [0.2, 0.25) is 0 Å². The molecule has 1 aromatic carbocycles. The van der Waals surface area contributed by atoms with Gasteiger partial charge in [-0.15, -0.1) is 0 Å². The first-order valence-corrected chi connectivity index (χ1v) is 9.01. The van der Waals surface area contributed by atoms with E-state index < -0.39 is 0 Å². The van der Waals surface area contributed by atoms with Gasteiger partial charge in [0.25, 0.3) is 5.56 Å². The number of nitrogens with one attached hydrogen (secondary N) is 1. The molecule has 0 spiro atoms. The van der Waals surface area contributed by atoms with E-state index >= 15 is 0 Å². The average Bonchev–Trinajstić information content (AvgIpc) is 3.13. The van der Waals surface area contributed by atoms with Crippen molar-refractivity contribution in [1.82, 2.24) is 14.5 Å². The molecule has 0 amide bonds. The number of aromatic amines is 1. The number of ether oxygens (including phenoxy) is 2. The fourth-order valence-electron chi connectivity index (χ4n) is 3.35. The highest BCUT2D eigenvalue weighted by Gasteiger charge is 2.25. The Morgan fingerprint density at radius 2 is 2.11 bits per heavy atom. The van der Waals surface area contributed by atoms with E-state index in [1.807, 2.05) is 29.7 Å². The Bertz CT molecular complexity index is 998. The van der Waals surface area contributed by atoms with Gasteiger partial charge in [-0.25, -0.2) is 9.78 Å². The molecule has 3 heterocycles. The Kier molecular flexibility index (Phi) is 4.77. The summed E-state index contributed by atoms with van der Waals surface area (Å²) < 4.78 is 13.3. The predicted octanol–water partition coefficient (Wildman–Crippen LogP) is 2.61. The summed E-state index contributed by atoms with van der Waals surface area (Å²) in [6, 6.07) is 9.26. The van der Waals surface area contributed by atoms with Gasteiger partial charge in [0.2, 0.25) is 0 Å². The van der Waals surface area contributed by atoms with Crippen molar-refractivity contribution < 1.29 is 14.3 Å². The summed E-state index contributed by atoms with van der Waals surface area (Å²) in [5.41, 5.74) is 2.69. The summed E-state index contributed by atoms with van der Waals surface area (Å²) in [6.45, 7) is 2.70. The molecule has 140 valence electrons. The highest BCUT2D eigenvalue weighted by Crippen LogP contribution is 2.26. The summed E-state index contributed by atoms with van der Waals surface area (Å²) in [7, 11) is 0. The molecule has 1 aliphatic rings. The van der Waals surface area contributed by atoms with Gasteiger partial charge >= 0.3 is 5.97 Å². The van der Waals surface area contributed by atoms with E-state index in [0.717, 1.165) is 23.9 Å². The number of H-pyrrole nitrogens is 1. The molecular formula is C20H21N3O4. The number of pyridine rings is 1. The SMILES string of the molecule is Cc1ccc(C(=O)OC[C@@H]2CCC(n3cnc4c(=O)[nH]ccc43)CO2)cc1. The highest BCUT2D eigenvalue weighted by molar-refractivity contribution is 5.89. The number of carbonyl (C=O) groups excluding carboxylic acids is 1. The van der Waals surface area contributed by atoms with Gasteiger partial charge in [-0.3, -0.25) is 4.79 Å². The summed E-state index contributed by atoms with van der Waals surface area (Å²) in [5.74, 6) is -0.333. The summed E-state index contributed by atoms with van der Waals surface area (Å²) in [4.78, 5) is 30.7. The topological polar surface area (TPSA) is 86.2 Å². The third-order valence-electron chi connectivity index (χ3n) is 4.93. The number of esters is 1. The van der Waals surface area contributed by atoms with Crippen LogP contribution in [0.15, 0.2) is 47.7 Å². The molecule has 1 aliphatic heterocycles. The molecule has 0 aliphatic carbocycles. The molecule has 0 bridgehead atoms. The fraction of sp³-hybridized carbons (Fsp3) is 0.350. The smallest absolute Gasteiger partial charge is 0.338 e. The van der Waals surface area contributed by atoms with Crippen molar-refractivity contribution >= 4 is 17.0 Å². The van der Waals surface area contributed by atoms with Crippen molar-refractivity contribution in [3.05, 3.63) is 64.3 Å². The van der Waals surface area contributed by atoms with Gasteiger partial charge < -0.3 is 19.0 Å². The van der Waals surface area contributed by atoms with Crippen molar-refractivity contribution in [2.75, 3.05) is 13.2 Å². The summed E-state index contributed by atoms with van der Waals surface area (Å²) >= 11 is 0. The zero-order chi connectivity index (χ0) is 18.8. The van der Waals surface area contributed by atoms with Crippen LogP contribution in [-0.4, -0.2) is 39.8 Å². The number of aromatic nitrogens is 3. The number of fused-ring (bicyclic) bond motifs is 1. The highest BCUT2D eigenvalue weighted by atomic mass is 16.6. The number of hydrogen-bond acceptors (Lipinski definition) is 5. The van der Waals surface area contributed by atoms with E-state index in [0.29, 0.717) is 17.7 Å². The van der Waals surface area contributed by atoms with Gasteiger partial charge in [0.15, 0.2) is 5.52 Å². The lowest BCUT2D eigenvalue weighted by atomic mass is 10.1. The van der Waals surface area contributed by atoms with E-state index in [9.17, 15) is 9.59 Å².